The maximum Gasteiger partial charge on any atom is 0.251 e. The minimum atomic E-state index is -0.947. The molecular weight excluding hydrogens is 614 g/mol. The lowest BCUT2D eigenvalue weighted by Gasteiger charge is -2.31. The highest BCUT2D eigenvalue weighted by Crippen LogP contribution is 2.22. The number of methoxy groups -OCH3 is 2. The number of imidazole rings is 1. The van der Waals surface area contributed by atoms with Crippen LogP contribution in [0.5, 0.6) is 11.5 Å². The quantitative estimate of drug-likeness (QED) is 0.230. The van der Waals surface area contributed by atoms with Crippen LogP contribution in [0.25, 0.3) is 0 Å². The molecule has 0 radical (unpaired) electrons. The van der Waals surface area contributed by atoms with Gasteiger partial charge in [-0.05, 0) is 66.6 Å². The molecule has 13 nitrogen and oxygen atoms in total. The smallest absolute Gasteiger partial charge is 0.251 e. The van der Waals surface area contributed by atoms with E-state index in [-0.39, 0.29) is 37.8 Å². The molecule has 0 spiro atoms. The van der Waals surface area contributed by atoms with Crippen molar-refractivity contribution in [1.82, 2.24) is 30.8 Å². The van der Waals surface area contributed by atoms with Gasteiger partial charge in [0.1, 0.15) is 17.5 Å². The van der Waals surface area contributed by atoms with Gasteiger partial charge in [0.05, 0.1) is 33.1 Å². The average Bonchev–Trinajstić information content (AvgIpc) is 3.58. The van der Waals surface area contributed by atoms with E-state index in [0.29, 0.717) is 48.6 Å². The lowest BCUT2D eigenvalue weighted by Crippen LogP contribution is -2.56. The number of nitrogens with zero attached hydrogens (tertiary/aromatic N) is 2. The van der Waals surface area contributed by atoms with Crippen molar-refractivity contribution in [2.45, 2.75) is 64.1 Å². The van der Waals surface area contributed by atoms with Gasteiger partial charge in [0.15, 0.2) is 0 Å². The first-order chi connectivity index (χ1) is 23.1. The summed E-state index contributed by atoms with van der Waals surface area (Å²) in [6, 6.07) is 10.00. The summed E-state index contributed by atoms with van der Waals surface area (Å²) in [4.78, 5) is 63.0. The Morgan fingerprint density at radius 2 is 1.83 bits per heavy atom. The molecule has 4 rings (SSSR count). The number of aromatic amines is 1. The number of nitrogens with two attached hydrogens (primary N) is 1. The number of hydrogen-bond acceptors (Lipinski definition) is 8. The molecule has 258 valence electrons. The van der Waals surface area contributed by atoms with Crippen molar-refractivity contribution < 1.29 is 28.7 Å². The molecule has 48 heavy (non-hydrogen) atoms. The molecule has 2 heterocycles. The molecule has 13 heteroatoms. The van der Waals surface area contributed by atoms with E-state index < -0.39 is 35.8 Å². The number of amides is 4. The van der Waals surface area contributed by atoms with Gasteiger partial charge in [-0.2, -0.15) is 0 Å². The van der Waals surface area contributed by atoms with Gasteiger partial charge in [-0.25, -0.2) is 4.98 Å². The molecule has 2 aromatic carbocycles. The summed E-state index contributed by atoms with van der Waals surface area (Å²) in [6.07, 6.45) is 5.12. The van der Waals surface area contributed by atoms with E-state index in [4.69, 9.17) is 15.2 Å². The number of aryl methyl sites for hydroxylation is 1. The SMILES string of the molecule is COc1ccc(C[C@@H]2NC(=O)c3ccc(OC)c(c3)CCCNC(=O)CN(C(=O)[C@@H](N)Cc3cnc[nH]3)C[C@H](CC(C)C)NC2=O)cc1. The van der Waals surface area contributed by atoms with Crippen LogP contribution in [0, 0.1) is 5.92 Å². The Balaban J connectivity index is 1.67. The summed E-state index contributed by atoms with van der Waals surface area (Å²) in [7, 11) is 3.13. The fourth-order valence-corrected chi connectivity index (χ4v) is 5.80. The number of rotatable bonds is 9. The normalized spacial score (nSPS) is 18.7. The maximum atomic E-state index is 14.0. The van der Waals surface area contributed by atoms with Crippen molar-refractivity contribution in [3.63, 3.8) is 0 Å². The first-order valence-corrected chi connectivity index (χ1v) is 16.3. The van der Waals surface area contributed by atoms with Gasteiger partial charge in [-0.3, -0.25) is 19.2 Å². The van der Waals surface area contributed by atoms with Crippen molar-refractivity contribution in [2.24, 2.45) is 11.7 Å². The fraction of sp³-hybridized carbons (Fsp3) is 0.457. The second kappa shape index (κ2) is 17.3. The van der Waals surface area contributed by atoms with E-state index in [2.05, 4.69) is 25.9 Å². The Bertz CT molecular complexity index is 1530. The number of ether oxygens (including phenoxy) is 2. The highest BCUT2D eigenvalue weighted by molar-refractivity contribution is 5.98. The van der Waals surface area contributed by atoms with Gasteiger partial charge >= 0.3 is 0 Å². The van der Waals surface area contributed by atoms with Crippen LogP contribution in [0.1, 0.15) is 53.9 Å². The maximum absolute atomic E-state index is 14.0. The van der Waals surface area contributed by atoms with Crippen molar-refractivity contribution in [2.75, 3.05) is 33.9 Å². The molecule has 2 bridgehead atoms. The fourth-order valence-electron chi connectivity index (χ4n) is 5.80. The molecular formula is C35H47N7O6. The van der Waals surface area contributed by atoms with Crippen LogP contribution in [0.4, 0.5) is 0 Å². The van der Waals surface area contributed by atoms with Crippen molar-refractivity contribution in [3.8, 4) is 11.5 Å². The summed E-state index contributed by atoms with van der Waals surface area (Å²) < 4.78 is 10.8. The van der Waals surface area contributed by atoms with Crippen LogP contribution in [-0.4, -0.2) is 90.5 Å². The standard InChI is InChI=1S/C35H47N7O6/c1-22(2)14-27-19-42(35(46)29(36)17-26-18-37-21-39-26)20-32(43)38-13-5-6-24-16-25(9-12-31(24)48-4)33(44)41-30(34(45)40-27)15-23-7-10-28(47-3)11-8-23/h7-12,16,18,21-22,27,29-30H,5-6,13-15,17,19-20,36H2,1-4H3,(H,37,39)(H,38,43)(H,40,45)(H,41,44)/t27-,29-,30-/m0/s1. The topological polar surface area (TPSA) is 181 Å². The number of H-pyrrole nitrogens is 1. The van der Waals surface area contributed by atoms with Gasteiger partial charge < -0.3 is 41.0 Å². The minimum absolute atomic E-state index is 0.0496. The Morgan fingerprint density at radius 3 is 2.50 bits per heavy atom. The van der Waals surface area contributed by atoms with Gasteiger partial charge in [0, 0.05) is 49.4 Å². The minimum Gasteiger partial charge on any atom is -0.497 e. The molecule has 0 aliphatic carbocycles. The molecule has 1 aliphatic heterocycles. The van der Waals surface area contributed by atoms with E-state index >= 15 is 0 Å². The highest BCUT2D eigenvalue weighted by Gasteiger charge is 2.30. The number of carbonyl (C=O) groups excluding carboxylic acids is 4. The zero-order valence-electron chi connectivity index (χ0n) is 28.1. The Hall–Kier alpha value is -4.91. The van der Waals surface area contributed by atoms with Crippen LogP contribution >= 0.6 is 0 Å². The van der Waals surface area contributed by atoms with E-state index in [1.165, 1.54) is 11.2 Å². The molecule has 0 saturated carbocycles. The molecule has 6 N–H and O–H groups in total. The summed E-state index contributed by atoms with van der Waals surface area (Å²) in [6.45, 7) is 4.18. The first kappa shape index (κ1) is 35.9. The third kappa shape index (κ3) is 10.3. The average molecular weight is 662 g/mol. The highest BCUT2D eigenvalue weighted by atomic mass is 16.5. The largest absolute Gasteiger partial charge is 0.497 e. The van der Waals surface area contributed by atoms with Crippen LogP contribution in [0.3, 0.4) is 0 Å². The van der Waals surface area contributed by atoms with Crippen LogP contribution in [-0.2, 0) is 33.6 Å². The number of benzene rings is 2. The van der Waals surface area contributed by atoms with Crippen molar-refractivity contribution in [3.05, 3.63) is 77.4 Å². The van der Waals surface area contributed by atoms with E-state index in [9.17, 15) is 19.2 Å². The molecule has 4 amide bonds. The number of fused-ring (bicyclic) bond motifs is 2. The van der Waals surface area contributed by atoms with E-state index in [0.717, 1.165) is 11.1 Å². The molecule has 0 fully saturated rings. The van der Waals surface area contributed by atoms with E-state index in [1.807, 2.05) is 26.0 Å². The lowest BCUT2D eigenvalue weighted by atomic mass is 10.00. The molecule has 1 aliphatic rings. The summed E-state index contributed by atoms with van der Waals surface area (Å²) in [5.74, 6) is -0.170. The second-order valence-corrected chi connectivity index (χ2v) is 12.5. The predicted molar refractivity (Wildman–Crippen MR) is 181 cm³/mol. The molecule has 3 atom stereocenters. The zero-order valence-corrected chi connectivity index (χ0v) is 28.1. The predicted octanol–water partition coefficient (Wildman–Crippen LogP) is 1.76. The zero-order chi connectivity index (χ0) is 34.6. The number of hydrogen-bond donors (Lipinski definition) is 5. The van der Waals surface area contributed by atoms with Crippen molar-refractivity contribution in [1.29, 1.82) is 0 Å². The Labute approximate surface area is 281 Å². The third-order valence-electron chi connectivity index (χ3n) is 8.21. The summed E-state index contributed by atoms with van der Waals surface area (Å²) in [5, 5.41) is 8.93. The van der Waals surface area contributed by atoms with Crippen molar-refractivity contribution >= 4 is 23.6 Å². The van der Waals surface area contributed by atoms with E-state index in [1.54, 1.807) is 50.7 Å². The Morgan fingerprint density at radius 1 is 1.06 bits per heavy atom. The second-order valence-electron chi connectivity index (χ2n) is 12.5. The van der Waals surface area contributed by atoms with Crippen LogP contribution in [0.2, 0.25) is 0 Å². The number of aromatic nitrogens is 2. The van der Waals surface area contributed by atoms with Gasteiger partial charge in [0.25, 0.3) is 5.91 Å². The first-order valence-electron chi connectivity index (χ1n) is 16.3. The summed E-state index contributed by atoms with van der Waals surface area (Å²) in [5.41, 5.74) is 9.03. The number of carbonyl (C=O) groups is 4. The van der Waals surface area contributed by atoms with Gasteiger partial charge in [0.2, 0.25) is 17.7 Å². The summed E-state index contributed by atoms with van der Waals surface area (Å²) >= 11 is 0. The molecule has 1 aromatic heterocycles. The molecule has 0 unspecified atom stereocenters. The van der Waals surface area contributed by atoms with Crippen LogP contribution < -0.4 is 31.2 Å². The van der Waals surface area contributed by atoms with Crippen LogP contribution in [0.15, 0.2) is 55.0 Å². The molecule has 3 aromatic rings. The monoisotopic (exact) mass is 661 g/mol. The Kier molecular flexibility index (Phi) is 13.0. The van der Waals surface area contributed by atoms with Gasteiger partial charge in [-0.1, -0.05) is 26.0 Å². The lowest BCUT2D eigenvalue weighted by molar-refractivity contribution is -0.138. The number of nitrogens with one attached hydrogen (secondary N) is 4. The molecule has 0 saturated heterocycles. The van der Waals surface area contributed by atoms with Gasteiger partial charge in [-0.15, -0.1) is 0 Å². The third-order valence-corrected chi connectivity index (χ3v) is 8.21.